The van der Waals surface area contributed by atoms with Gasteiger partial charge in [-0.15, -0.1) is 11.3 Å². The smallest absolute Gasteiger partial charge is 0.257 e. The molecule has 0 radical (unpaired) electrons. The predicted octanol–water partition coefficient (Wildman–Crippen LogP) is 4.42. The number of amides is 3. The standard InChI is InChI=1S/C30H30N4O5S2/c1-3-4-27(35)33(16-15-20-6-12-23(13-7-20)41(31,38)39)25-18-28(36)34(30(25)37)22-10-8-21(9-11-22)29-32-24-14-5-19(2)17-26(24)40-29/h5-14,17,25H,3-4,15-16,18H2,1-2H3,(H2,31,38,39). The molecule has 1 unspecified atom stereocenters. The Bertz CT molecular complexity index is 1730. The maximum Gasteiger partial charge on any atom is 0.257 e. The fraction of sp³-hybridized carbons (Fsp3) is 0.267. The second-order valence-corrected chi connectivity index (χ2v) is 12.7. The van der Waals surface area contributed by atoms with Crippen LogP contribution in [0.25, 0.3) is 20.8 Å². The number of carbonyl (C=O) groups is 3. The van der Waals surface area contributed by atoms with Gasteiger partial charge in [0, 0.05) is 18.5 Å². The molecule has 1 aliphatic heterocycles. The van der Waals surface area contributed by atoms with E-state index in [-0.39, 0.29) is 36.1 Å². The largest absolute Gasteiger partial charge is 0.330 e. The lowest BCUT2D eigenvalue weighted by atomic mass is 10.1. The van der Waals surface area contributed by atoms with Crippen LogP contribution in [0.2, 0.25) is 0 Å². The summed E-state index contributed by atoms with van der Waals surface area (Å²) in [7, 11) is -3.81. The van der Waals surface area contributed by atoms with Crippen LogP contribution in [0.3, 0.4) is 0 Å². The molecule has 0 saturated carbocycles. The van der Waals surface area contributed by atoms with Crippen LogP contribution >= 0.6 is 11.3 Å². The van der Waals surface area contributed by atoms with Crippen molar-refractivity contribution in [3.05, 3.63) is 77.9 Å². The summed E-state index contributed by atoms with van der Waals surface area (Å²) in [6.07, 6.45) is 1.13. The van der Waals surface area contributed by atoms with Gasteiger partial charge in [-0.05, 0) is 79.4 Å². The van der Waals surface area contributed by atoms with E-state index in [1.54, 1.807) is 35.6 Å². The fourth-order valence-electron chi connectivity index (χ4n) is 4.95. The number of sulfonamides is 1. The van der Waals surface area contributed by atoms with Crippen LogP contribution in [-0.4, -0.2) is 48.6 Å². The van der Waals surface area contributed by atoms with Gasteiger partial charge in [0.05, 0.1) is 27.2 Å². The molecule has 1 saturated heterocycles. The van der Waals surface area contributed by atoms with Gasteiger partial charge in [-0.25, -0.2) is 23.4 Å². The van der Waals surface area contributed by atoms with E-state index in [0.717, 1.165) is 36.8 Å². The molecule has 1 aliphatic rings. The van der Waals surface area contributed by atoms with Crippen molar-refractivity contribution in [2.75, 3.05) is 11.4 Å². The molecule has 3 amide bonds. The van der Waals surface area contributed by atoms with Crippen molar-refractivity contribution in [1.82, 2.24) is 9.88 Å². The van der Waals surface area contributed by atoms with Crippen molar-refractivity contribution in [2.24, 2.45) is 5.14 Å². The molecule has 9 nitrogen and oxygen atoms in total. The minimum atomic E-state index is -3.81. The second kappa shape index (κ2) is 11.5. The highest BCUT2D eigenvalue weighted by Crippen LogP contribution is 2.33. The number of fused-ring (bicyclic) bond motifs is 1. The van der Waals surface area contributed by atoms with E-state index in [1.807, 2.05) is 38.1 Å². The van der Waals surface area contributed by atoms with Crippen LogP contribution in [0.5, 0.6) is 0 Å². The first-order chi connectivity index (χ1) is 19.5. The first-order valence-corrected chi connectivity index (χ1v) is 15.7. The van der Waals surface area contributed by atoms with Crippen molar-refractivity contribution >= 4 is 55.0 Å². The summed E-state index contributed by atoms with van der Waals surface area (Å²) in [6.45, 7) is 4.13. The molecule has 0 bridgehead atoms. The number of aryl methyl sites for hydroxylation is 1. The molecule has 212 valence electrons. The van der Waals surface area contributed by atoms with Crippen LogP contribution in [0.4, 0.5) is 5.69 Å². The number of nitrogens with zero attached hydrogens (tertiary/aromatic N) is 3. The van der Waals surface area contributed by atoms with Gasteiger partial charge in [0.25, 0.3) is 5.91 Å². The SMILES string of the molecule is CCCC(=O)N(CCc1ccc(S(N)(=O)=O)cc1)C1CC(=O)N(c2ccc(-c3nc4ccc(C)cc4s3)cc2)C1=O. The normalized spacial score (nSPS) is 15.6. The van der Waals surface area contributed by atoms with Gasteiger partial charge in [-0.2, -0.15) is 0 Å². The maximum absolute atomic E-state index is 13.6. The third kappa shape index (κ3) is 6.07. The lowest BCUT2D eigenvalue weighted by Crippen LogP contribution is -2.46. The van der Waals surface area contributed by atoms with Gasteiger partial charge in [0.2, 0.25) is 21.8 Å². The van der Waals surface area contributed by atoms with Crippen LogP contribution in [0.15, 0.2) is 71.6 Å². The lowest BCUT2D eigenvalue weighted by Gasteiger charge is -2.28. The molecule has 4 aromatic rings. The van der Waals surface area contributed by atoms with Gasteiger partial charge >= 0.3 is 0 Å². The maximum atomic E-state index is 13.6. The summed E-state index contributed by atoms with van der Waals surface area (Å²) >= 11 is 1.58. The first kappa shape index (κ1) is 28.6. The average Bonchev–Trinajstić information content (AvgIpc) is 3.48. The molecule has 5 rings (SSSR count). The van der Waals surface area contributed by atoms with E-state index in [0.29, 0.717) is 18.5 Å². The molecule has 2 heterocycles. The van der Waals surface area contributed by atoms with Crippen molar-refractivity contribution in [1.29, 1.82) is 0 Å². The Hall–Kier alpha value is -3.93. The monoisotopic (exact) mass is 590 g/mol. The number of carbonyl (C=O) groups excluding carboxylic acids is 3. The Morgan fingerprint density at radius 1 is 1.07 bits per heavy atom. The van der Waals surface area contributed by atoms with Crippen LogP contribution in [-0.2, 0) is 30.8 Å². The van der Waals surface area contributed by atoms with E-state index in [1.165, 1.54) is 17.0 Å². The summed E-state index contributed by atoms with van der Waals surface area (Å²) < 4.78 is 24.2. The molecular formula is C30H30N4O5S2. The number of imide groups is 1. The van der Waals surface area contributed by atoms with Crippen molar-refractivity contribution in [3.8, 4) is 10.6 Å². The van der Waals surface area contributed by atoms with E-state index in [2.05, 4.69) is 6.07 Å². The minimum Gasteiger partial charge on any atom is -0.330 e. The Labute approximate surface area is 242 Å². The highest BCUT2D eigenvalue weighted by molar-refractivity contribution is 7.89. The van der Waals surface area contributed by atoms with Gasteiger partial charge < -0.3 is 4.90 Å². The van der Waals surface area contributed by atoms with Crippen molar-refractivity contribution in [2.45, 2.75) is 50.5 Å². The molecule has 11 heteroatoms. The number of nitrogens with two attached hydrogens (primary N) is 1. The summed E-state index contributed by atoms with van der Waals surface area (Å²) in [5.74, 6) is -1.01. The van der Waals surface area contributed by atoms with Gasteiger partial charge in [-0.3, -0.25) is 14.4 Å². The van der Waals surface area contributed by atoms with Gasteiger partial charge in [-0.1, -0.05) is 25.1 Å². The third-order valence-electron chi connectivity index (χ3n) is 7.09. The van der Waals surface area contributed by atoms with Crippen molar-refractivity contribution < 1.29 is 22.8 Å². The van der Waals surface area contributed by atoms with E-state index in [9.17, 15) is 22.8 Å². The summed E-state index contributed by atoms with van der Waals surface area (Å²) in [5, 5.41) is 6.02. The molecule has 3 aromatic carbocycles. The summed E-state index contributed by atoms with van der Waals surface area (Å²) in [6, 6.07) is 18.4. The summed E-state index contributed by atoms with van der Waals surface area (Å²) in [5.41, 5.74) is 4.20. The van der Waals surface area contributed by atoms with Crippen LogP contribution in [0, 0.1) is 6.92 Å². The summed E-state index contributed by atoms with van der Waals surface area (Å²) in [4.78, 5) is 47.0. The van der Waals surface area contributed by atoms with E-state index < -0.39 is 22.0 Å². The highest BCUT2D eigenvalue weighted by Gasteiger charge is 2.44. The molecule has 41 heavy (non-hydrogen) atoms. The molecule has 1 atom stereocenters. The Kier molecular flexibility index (Phi) is 8.03. The third-order valence-corrected chi connectivity index (χ3v) is 9.09. The zero-order chi connectivity index (χ0) is 29.3. The highest BCUT2D eigenvalue weighted by atomic mass is 32.2. The second-order valence-electron chi connectivity index (χ2n) is 10.1. The molecule has 0 spiro atoms. The molecular weight excluding hydrogens is 560 g/mol. The Balaban J connectivity index is 1.33. The van der Waals surface area contributed by atoms with Crippen LogP contribution < -0.4 is 10.0 Å². The van der Waals surface area contributed by atoms with Gasteiger partial charge in [0.15, 0.2) is 0 Å². The number of anilines is 1. The topological polar surface area (TPSA) is 131 Å². The molecule has 0 aliphatic carbocycles. The fourth-order valence-corrected chi connectivity index (χ4v) is 6.53. The quantitative estimate of drug-likeness (QED) is 0.287. The first-order valence-electron chi connectivity index (χ1n) is 13.3. The lowest BCUT2D eigenvalue weighted by molar-refractivity contribution is -0.138. The minimum absolute atomic E-state index is 0.00313. The predicted molar refractivity (Wildman–Crippen MR) is 159 cm³/mol. The number of aromatic nitrogens is 1. The molecule has 2 N–H and O–H groups in total. The van der Waals surface area contributed by atoms with Crippen LogP contribution in [0.1, 0.15) is 37.3 Å². The number of hydrogen-bond donors (Lipinski definition) is 1. The Morgan fingerprint density at radius 2 is 1.78 bits per heavy atom. The number of primary sulfonamides is 1. The number of benzene rings is 3. The molecule has 1 aromatic heterocycles. The van der Waals surface area contributed by atoms with E-state index >= 15 is 0 Å². The number of rotatable bonds is 9. The van der Waals surface area contributed by atoms with Gasteiger partial charge in [0.1, 0.15) is 11.0 Å². The Morgan fingerprint density at radius 3 is 2.44 bits per heavy atom. The van der Waals surface area contributed by atoms with Crippen molar-refractivity contribution in [3.63, 3.8) is 0 Å². The number of thiazole rings is 1. The van der Waals surface area contributed by atoms with E-state index in [4.69, 9.17) is 10.1 Å². The zero-order valence-electron chi connectivity index (χ0n) is 22.7. The zero-order valence-corrected chi connectivity index (χ0v) is 24.4. The molecule has 1 fully saturated rings. The number of hydrogen-bond acceptors (Lipinski definition) is 7. The average molecular weight is 591 g/mol.